The van der Waals surface area contributed by atoms with Gasteiger partial charge in [0.25, 0.3) is 0 Å². The van der Waals surface area contributed by atoms with Crippen LogP contribution >= 0.6 is 0 Å². The van der Waals surface area contributed by atoms with Crippen LogP contribution in [0.1, 0.15) is 49.8 Å². The summed E-state index contributed by atoms with van der Waals surface area (Å²) in [6.45, 7) is 2.49. The Morgan fingerprint density at radius 1 is 1.12 bits per heavy atom. The molecule has 0 saturated heterocycles. The van der Waals surface area contributed by atoms with Crippen LogP contribution in [0.2, 0.25) is 0 Å². The minimum Gasteiger partial charge on any atom is -0.374 e. The van der Waals surface area contributed by atoms with Crippen molar-refractivity contribution in [2.75, 3.05) is 5.32 Å². The summed E-state index contributed by atoms with van der Waals surface area (Å²) in [6.07, 6.45) is 5.31. The molecule has 1 aliphatic rings. The number of nitrogens with one attached hydrogen (secondary N) is 1. The molecule has 1 fully saturated rings. The zero-order chi connectivity index (χ0) is 18.4. The van der Waals surface area contributed by atoms with E-state index in [1.54, 1.807) is 0 Å². The number of benzene rings is 2. The highest BCUT2D eigenvalue weighted by Gasteiger charge is 2.22. The Labute approximate surface area is 155 Å². The summed E-state index contributed by atoms with van der Waals surface area (Å²) in [5.41, 5.74) is 9.12. The molecular weight excluding hydrogens is 324 g/mol. The van der Waals surface area contributed by atoms with Gasteiger partial charge in [0.15, 0.2) is 0 Å². The van der Waals surface area contributed by atoms with Crippen LogP contribution < -0.4 is 11.1 Å². The highest BCUT2D eigenvalue weighted by atomic mass is 16.5. The maximum atomic E-state index is 12.5. The fourth-order valence-corrected chi connectivity index (χ4v) is 3.34. The number of hydrogen-bond acceptors (Lipinski definition) is 3. The summed E-state index contributed by atoms with van der Waals surface area (Å²) < 4.78 is 5.92. The third kappa shape index (κ3) is 4.93. The van der Waals surface area contributed by atoms with Crippen molar-refractivity contribution in [1.29, 1.82) is 0 Å². The minimum absolute atomic E-state index is 0.0729. The molecule has 0 radical (unpaired) electrons. The lowest BCUT2D eigenvalue weighted by Gasteiger charge is -2.20. The van der Waals surface area contributed by atoms with E-state index in [1.165, 1.54) is 25.7 Å². The van der Waals surface area contributed by atoms with Crippen molar-refractivity contribution in [2.45, 2.75) is 51.4 Å². The Balaban J connectivity index is 1.52. The Bertz CT molecular complexity index is 694. The molecule has 2 aromatic rings. The molecule has 1 amide bonds. The van der Waals surface area contributed by atoms with E-state index < -0.39 is 0 Å². The van der Waals surface area contributed by atoms with E-state index in [-0.39, 0.29) is 17.9 Å². The first-order valence-corrected chi connectivity index (χ1v) is 9.45. The topological polar surface area (TPSA) is 64.3 Å². The second kappa shape index (κ2) is 8.97. The van der Waals surface area contributed by atoms with Crippen LogP contribution in [0.25, 0.3) is 0 Å². The van der Waals surface area contributed by atoms with Gasteiger partial charge in [0.2, 0.25) is 5.91 Å². The average molecular weight is 352 g/mol. The first-order valence-electron chi connectivity index (χ1n) is 9.45. The van der Waals surface area contributed by atoms with Crippen molar-refractivity contribution in [3.8, 4) is 0 Å². The largest absolute Gasteiger partial charge is 0.374 e. The Morgan fingerprint density at radius 2 is 1.77 bits per heavy atom. The van der Waals surface area contributed by atoms with Gasteiger partial charge in [-0.2, -0.15) is 0 Å². The number of ether oxygens (including phenoxy) is 1. The highest BCUT2D eigenvalue weighted by Crippen LogP contribution is 2.23. The third-order valence-corrected chi connectivity index (χ3v) is 5.15. The fraction of sp³-hybridized carbons (Fsp3) is 0.409. The number of carbonyl (C=O) groups excluding carboxylic acids is 1. The normalized spacial score (nSPS) is 17.0. The van der Waals surface area contributed by atoms with Gasteiger partial charge in [-0.1, -0.05) is 62.2 Å². The van der Waals surface area contributed by atoms with Gasteiger partial charge >= 0.3 is 0 Å². The van der Waals surface area contributed by atoms with Crippen LogP contribution in [0.4, 0.5) is 5.69 Å². The molecule has 3 rings (SSSR count). The quantitative estimate of drug-likeness (QED) is 0.775. The van der Waals surface area contributed by atoms with Gasteiger partial charge in [-0.05, 0) is 36.1 Å². The highest BCUT2D eigenvalue weighted by molar-refractivity contribution is 5.92. The van der Waals surface area contributed by atoms with E-state index in [9.17, 15) is 4.79 Å². The van der Waals surface area contributed by atoms with E-state index in [1.807, 2.05) is 61.5 Å². The van der Waals surface area contributed by atoms with Crippen LogP contribution in [-0.2, 0) is 16.1 Å². The van der Waals surface area contributed by atoms with Gasteiger partial charge in [-0.25, -0.2) is 0 Å². The average Bonchev–Trinajstić information content (AvgIpc) is 3.20. The summed E-state index contributed by atoms with van der Waals surface area (Å²) in [4.78, 5) is 12.5. The molecule has 4 nitrogen and oxygen atoms in total. The maximum Gasteiger partial charge on any atom is 0.229 e. The molecule has 26 heavy (non-hydrogen) atoms. The molecule has 0 heterocycles. The zero-order valence-corrected chi connectivity index (χ0v) is 15.4. The van der Waals surface area contributed by atoms with Gasteiger partial charge in [-0.15, -0.1) is 0 Å². The number of anilines is 1. The molecule has 2 aromatic carbocycles. The monoisotopic (exact) mass is 352 g/mol. The van der Waals surface area contributed by atoms with E-state index in [2.05, 4.69) is 5.32 Å². The molecule has 2 atom stereocenters. The molecule has 0 bridgehead atoms. The van der Waals surface area contributed by atoms with Gasteiger partial charge in [-0.3, -0.25) is 4.79 Å². The molecule has 0 aliphatic heterocycles. The van der Waals surface area contributed by atoms with Gasteiger partial charge in [0, 0.05) is 11.7 Å². The second-order valence-electron chi connectivity index (χ2n) is 7.13. The predicted octanol–water partition coefficient (Wildman–Crippen LogP) is 4.42. The van der Waals surface area contributed by atoms with Crippen LogP contribution in [0.15, 0.2) is 54.6 Å². The Morgan fingerprint density at radius 3 is 2.42 bits per heavy atom. The first kappa shape index (κ1) is 18.6. The fourth-order valence-electron chi connectivity index (χ4n) is 3.34. The van der Waals surface area contributed by atoms with Gasteiger partial charge in [0.1, 0.15) is 0 Å². The predicted molar refractivity (Wildman–Crippen MR) is 105 cm³/mol. The lowest BCUT2D eigenvalue weighted by molar-refractivity contribution is -0.120. The van der Waals surface area contributed by atoms with E-state index >= 15 is 0 Å². The van der Waals surface area contributed by atoms with Gasteiger partial charge < -0.3 is 15.8 Å². The van der Waals surface area contributed by atoms with Crippen molar-refractivity contribution >= 4 is 11.6 Å². The van der Waals surface area contributed by atoms with Gasteiger partial charge in [0.05, 0.1) is 18.6 Å². The van der Waals surface area contributed by atoms with E-state index in [0.29, 0.717) is 12.7 Å². The summed E-state index contributed by atoms with van der Waals surface area (Å²) in [7, 11) is 0. The number of amides is 1. The number of nitrogens with two attached hydrogens (primary N) is 1. The SMILES string of the molecule is CC(C(=O)Nc1ccc(COC2CCCC2)cc1)C(N)c1ccccc1. The van der Waals surface area contributed by atoms with Crippen molar-refractivity contribution in [3.63, 3.8) is 0 Å². The lowest BCUT2D eigenvalue weighted by Crippen LogP contribution is -2.30. The second-order valence-corrected chi connectivity index (χ2v) is 7.13. The van der Waals surface area contributed by atoms with Crippen LogP contribution in [0.3, 0.4) is 0 Å². The smallest absolute Gasteiger partial charge is 0.229 e. The summed E-state index contributed by atoms with van der Waals surface area (Å²) >= 11 is 0. The number of rotatable bonds is 7. The van der Waals surface area contributed by atoms with Crippen LogP contribution in [0.5, 0.6) is 0 Å². The Hall–Kier alpha value is -2.17. The third-order valence-electron chi connectivity index (χ3n) is 5.15. The first-order chi connectivity index (χ1) is 12.6. The van der Waals surface area contributed by atoms with Crippen LogP contribution in [0, 0.1) is 5.92 Å². The molecule has 2 unspecified atom stereocenters. The molecule has 138 valence electrons. The molecule has 4 heteroatoms. The minimum atomic E-state index is -0.324. The molecular formula is C22H28N2O2. The standard InChI is InChI=1S/C22H28N2O2/c1-16(21(23)18-7-3-2-4-8-18)22(25)24-19-13-11-17(12-14-19)15-26-20-9-5-6-10-20/h2-4,7-8,11-14,16,20-21H,5-6,9-10,15,23H2,1H3,(H,24,25). The molecule has 1 saturated carbocycles. The van der Waals surface area contributed by atoms with Crippen molar-refractivity contribution in [2.24, 2.45) is 11.7 Å². The lowest BCUT2D eigenvalue weighted by atomic mass is 9.94. The molecule has 0 aromatic heterocycles. The Kier molecular flexibility index (Phi) is 6.42. The molecule has 0 spiro atoms. The molecule has 1 aliphatic carbocycles. The summed E-state index contributed by atoms with van der Waals surface area (Å²) in [5.74, 6) is -0.390. The van der Waals surface area contributed by atoms with Crippen molar-refractivity contribution in [1.82, 2.24) is 0 Å². The molecule has 3 N–H and O–H groups in total. The van der Waals surface area contributed by atoms with E-state index in [4.69, 9.17) is 10.5 Å². The number of hydrogen-bond donors (Lipinski definition) is 2. The maximum absolute atomic E-state index is 12.5. The van der Waals surface area contributed by atoms with Crippen molar-refractivity contribution in [3.05, 3.63) is 65.7 Å². The van der Waals surface area contributed by atoms with Crippen molar-refractivity contribution < 1.29 is 9.53 Å². The van der Waals surface area contributed by atoms with E-state index in [0.717, 1.165) is 16.8 Å². The summed E-state index contributed by atoms with van der Waals surface area (Å²) in [6, 6.07) is 17.3. The van der Waals surface area contributed by atoms with Crippen LogP contribution in [-0.4, -0.2) is 12.0 Å². The zero-order valence-electron chi connectivity index (χ0n) is 15.4. The summed E-state index contributed by atoms with van der Waals surface area (Å²) in [5, 5.41) is 2.96. The number of carbonyl (C=O) groups is 1.